The second-order valence-corrected chi connectivity index (χ2v) is 8.50. The molecule has 2 amide bonds. The van der Waals surface area contributed by atoms with E-state index in [1.54, 1.807) is 75.0 Å². The molecule has 190 valence electrons. The average molecular weight is 500 g/mol. The number of nitrogens with one attached hydrogen (secondary N) is 2. The molecule has 1 aromatic heterocycles. The van der Waals surface area contributed by atoms with Crippen LogP contribution in [0.1, 0.15) is 19.8 Å². The van der Waals surface area contributed by atoms with E-state index in [-0.39, 0.29) is 11.8 Å². The Morgan fingerprint density at radius 3 is 2.32 bits per heavy atom. The molecule has 2 aromatic carbocycles. The Hall–Kier alpha value is -4.59. The van der Waals surface area contributed by atoms with Crippen LogP contribution in [0.25, 0.3) is 10.9 Å². The van der Waals surface area contributed by atoms with E-state index >= 15 is 0 Å². The summed E-state index contributed by atoms with van der Waals surface area (Å²) in [6.45, 7) is 5.58. The summed E-state index contributed by atoms with van der Waals surface area (Å²) < 4.78 is 16.9. The van der Waals surface area contributed by atoms with Crippen LogP contribution in [0.4, 0.5) is 5.69 Å². The molecule has 3 aromatic rings. The highest BCUT2D eigenvalue weighted by Gasteiger charge is 2.56. The van der Waals surface area contributed by atoms with E-state index < -0.39 is 5.41 Å². The molecule has 0 aliphatic heterocycles. The number of ether oxygens (including phenoxy) is 3. The normalized spacial score (nSPS) is 14.2. The lowest BCUT2D eigenvalue weighted by Gasteiger charge is -2.16. The van der Waals surface area contributed by atoms with Crippen LogP contribution in [0, 0.1) is 5.41 Å². The Balaban J connectivity index is 1.45. The Labute approximate surface area is 215 Å². The minimum absolute atomic E-state index is 0.336. The maximum absolute atomic E-state index is 13.0. The van der Waals surface area contributed by atoms with E-state index in [9.17, 15) is 9.59 Å². The van der Waals surface area contributed by atoms with Crippen LogP contribution in [-0.2, 0) is 9.59 Å². The van der Waals surface area contributed by atoms with Crippen molar-refractivity contribution in [3.05, 3.63) is 85.2 Å². The first-order valence-corrected chi connectivity index (χ1v) is 11.8. The first-order valence-electron chi connectivity index (χ1n) is 11.8. The minimum Gasteiger partial charge on any atom is -0.493 e. The van der Waals surface area contributed by atoms with Gasteiger partial charge >= 0.3 is 0 Å². The molecular weight excluding hydrogens is 470 g/mol. The molecule has 37 heavy (non-hydrogen) atoms. The van der Waals surface area contributed by atoms with Gasteiger partial charge in [-0.25, -0.2) is 0 Å². The third-order valence-electron chi connectivity index (χ3n) is 6.11. The van der Waals surface area contributed by atoms with Crippen molar-refractivity contribution in [3.8, 4) is 23.0 Å². The number of methoxy groups -OCH3 is 2. The highest BCUT2D eigenvalue weighted by molar-refractivity contribution is 6.13. The van der Waals surface area contributed by atoms with Crippen LogP contribution in [0.5, 0.6) is 23.0 Å². The van der Waals surface area contributed by atoms with E-state index in [1.807, 2.05) is 19.1 Å². The number of fused-ring (bicyclic) bond motifs is 1. The number of hydrogen-bond acceptors (Lipinski definition) is 6. The number of amides is 2. The SMILES string of the molecule is C=C/C(=C\C=C/C)NC(=O)C1(C(=O)Nc2ccc(Oc3ccnc4cc(OC)c(OC)cc34)cc2)CC1. The predicted molar refractivity (Wildman–Crippen MR) is 143 cm³/mol. The van der Waals surface area contributed by atoms with E-state index in [0.717, 1.165) is 5.39 Å². The Morgan fingerprint density at radius 1 is 1.00 bits per heavy atom. The number of carbonyl (C=O) groups is 2. The van der Waals surface area contributed by atoms with Crippen molar-refractivity contribution >= 4 is 28.4 Å². The molecule has 0 unspecified atom stereocenters. The molecule has 0 bridgehead atoms. The molecular formula is C29H29N3O5. The van der Waals surface area contributed by atoms with Gasteiger partial charge in [0.1, 0.15) is 16.9 Å². The fourth-order valence-electron chi connectivity index (χ4n) is 3.81. The summed E-state index contributed by atoms with van der Waals surface area (Å²) in [5.74, 6) is 1.65. The predicted octanol–water partition coefficient (Wildman–Crippen LogP) is 5.53. The third kappa shape index (κ3) is 5.48. The lowest BCUT2D eigenvalue weighted by molar-refractivity contribution is -0.133. The number of nitrogens with zero attached hydrogens (tertiary/aromatic N) is 1. The first kappa shape index (κ1) is 25.5. The monoisotopic (exact) mass is 499 g/mol. The maximum atomic E-state index is 13.0. The summed E-state index contributed by atoms with van der Waals surface area (Å²) in [7, 11) is 3.14. The van der Waals surface area contributed by atoms with Crippen molar-refractivity contribution in [2.75, 3.05) is 19.5 Å². The number of aromatic nitrogens is 1. The standard InChI is InChI=1S/C29H29N3O5/c1-5-7-8-19(6-2)31-27(33)29(14-15-29)28(34)32-20-9-11-21(12-10-20)37-24-13-16-30-23-18-26(36-4)25(35-3)17-22(23)24/h5-13,16-18H,2,14-15H2,1,3-4H3,(H,31,33)(H,32,34)/b7-5-,19-8+. The Morgan fingerprint density at radius 2 is 1.70 bits per heavy atom. The van der Waals surface area contributed by atoms with Gasteiger partial charge in [0, 0.05) is 29.0 Å². The smallest absolute Gasteiger partial charge is 0.240 e. The van der Waals surface area contributed by atoms with Crippen LogP contribution in [0.3, 0.4) is 0 Å². The summed E-state index contributed by atoms with van der Waals surface area (Å²) in [5.41, 5.74) is 0.731. The minimum atomic E-state index is -1.08. The number of benzene rings is 2. The number of carbonyl (C=O) groups excluding carboxylic acids is 2. The zero-order chi connectivity index (χ0) is 26.4. The fraction of sp³-hybridized carbons (Fsp3) is 0.207. The zero-order valence-corrected chi connectivity index (χ0v) is 21.0. The molecule has 0 radical (unpaired) electrons. The van der Waals surface area contributed by atoms with Crippen LogP contribution >= 0.6 is 0 Å². The number of allylic oxidation sites excluding steroid dienone is 4. The molecule has 0 saturated heterocycles. The van der Waals surface area contributed by atoms with Crippen molar-refractivity contribution < 1.29 is 23.8 Å². The molecule has 2 N–H and O–H groups in total. The lowest BCUT2D eigenvalue weighted by Crippen LogP contribution is -2.39. The maximum Gasteiger partial charge on any atom is 0.240 e. The summed E-state index contributed by atoms with van der Waals surface area (Å²) >= 11 is 0. The van der Waals surface area contributed by atoms with E-state index in [2.05, 4.69) is 22.2 Å². The van der Waals surface area contributed by atoms with Crippen molar-refractivity contribution in [1.82, 2.24) is 10.3 Å². The van der Waals surface area contributed by atoms with Crippen LogP contribution < -0.4 is 24.8 Å². The summed E-state index contributed by atoms with van der Waals surface area (Å²) in [5, 5.41) is 6.41. The molecule has 1 aliphatic rings. The van der Waals surface area contributed by atoms with Gasteiger partial charge < -0.3 is 24.8 Å². The van der Waals surface area contributed by atoms with Gasteiger partial charge in [-0.05, 0) is 68.3 Å². The van der Waals surface area contributed by atoms with Crippen molar-refractivity contribution in [2.45, 2.75) is 19.8 Å². The van der Waals surface area contributed by atoms with Gasteiger partial charge in [-0.15, -0.1) is 0 Å². The number of pyridine rings is 1. The molecule has 0 atom stereocenters. The Bertz CT molecular complexity index is 1390. The third-order valence-corrected chi connectivity index (χ3v) is 6.11. The van der Waals surface area contributed by atoms with Gasteiger partial charge in [0.05, 0.1) is 19.7 Å². The largest absolute Gasteiger partial charge is 0.493 e. The van der Waals surface area contributed by atoms with Crippen molar-refractivity contribution in [2.24, 2.45) is 5.41 Å². The van der Waals surface area contributed by atoms with Crippen LogP contribution in [0.15, 0.2) is 85.2 Å². The van der Waals surface area contributed by atoms with Gasteiger partial charge in [-0.3, -0.25) is 14.6 Å². The van der Waals surface area contributed by atoms with Gasteiger partial charge in [-0.1, -0.05) is 18.7 Å². The summed E-state index contributed by atoms with van der Waals surface area (Å²) in [6.07, 6.45) is 9.55. The van der Waals surface area contributed by atoms with Gasteiger partial charge in [-0.2, -0.15) is 0 Å². The van der Waals surface area contributed by atoms with Crippen molar-refractivity contribution in [3.63, 3.8) is 0 Å². The fourth-order valence-corrected chi connectivity index (χ4v) is 3.81. The quantitative estimate of drug-likeness (QED) is 0.281. The van der Waals surface area contributed by atoms with E-state index in [0.29, 0.717) is 52.7 Å². The highest BCUT2D eigenvalue weighted by Crippen LogP contribution is 2.47. The molecule has 8 nitrogen and oxygen atoms in total. The van der Waals surface area contributed by atoms with Gasteiger partial charge in [0.15, 0.2) is 11.5 Å². The van der Waals surface area contributed by atoms with E-state index in [4.69, 9.17) is 14.2 Å². The highest BCUT2D eigenvalue weighted by atomic mass is 16.5. The number of anilines is 1. The molecule has 1 heterocycles. The zero-order valence-electron chi connectivity index (χ0n) is 21.0. The molecule has 8 heteroatoms. The molecule has 0 spiro atoms. The van der Waals surface area contributed by atoms with Gasteiger partial charge in [0.25, 0.3) is 0 Å². The summed E-state index contributed by atoms with van der Waals surface area (Å²) in [6, 6.07) is 12.3. The first-order chi connectivity index (χ1) is 17.9. The molecule has 1 saturated carbocycles. The van der Waals surface area contributed by atoms with E-state index in [1.165, 1.54) is 0 Å². The number of hydrogen-bond donors (Lipinski definition) is 2. The second kappa shape index (κ2) is 11.0. The average Bonchev–Trinajstić information content (AvgIpc) is 3.74. The second-order valence-electron chi connectivity index (χ2n) is 8.50. The molecule has 1 aliphatic carbocycles. The Kier molecular flexibility index (Phi) is 7.57. The van der Waals surface area contributed by atoms with Crippen molar-refractivity contribution in [1.29, 1.82) is 0 Å². The lowest BCUT2D eigenvalue weighted by atomic mass is 10.0. The van der Waals surface area contributed by atoms with Crippen LogP contribution in [-0.4, -0.2) is 31.0 Å². The number of rotatable bonds is 10. The molecule has 4 rings (SSSR count). The molecule has 1 fully saturated rings. The van der Waals surface area contributed by atoms with Gasteiger partial charge in [0.2, 0.25) is 11.8 Å². The van der Waals surface area contributed by atoms with Crippen LogP contribution in [0.2, 0.25) is 0 Å². The topological polar surface area (TPSA) is 98.8 Å². The summed E-state index contributed by atoms with van der Waals surface area (Å²) in [4.78, 5) is 30.2.